The van der Waals surface area contributed by atoms with E-state index in [0.29, 0.717) is 12.4 Å². The number of esters is 1. The van der Waals surface area contributed by atoms with Gasteiger partial charge in [0.1, 0.15) is 6.04 Å². The predicted molar refractivity (Wildman–Crippen MR) is 70.7 cm³/mol. The number of unbranched alkanes of at least 4 members (excludes halogenated alkanes) is 4. The lowest BCUT2D eigenvalue weighted by molar-refractivity contribution is -0.144. The number of carbonyl (C=O) groups excluding carboxylic acids is 1. The Bertz CT molecular complexity index is 176. The zero-order valence-electron chi connectivity index (χ0n) is 10.5. The number of thioether (sulfide) groups is 1. The molecule has 0 aromatic carbocycles. The van der Waals surface area contributed by atoms with Gasteiger partial charge in [0.05, 0.1) is 6.61 Å². The van der Waals surface area contributed by atoms with E-state index in [0.717, 1.165) is 5.75 Å². The van der Waals surface area contributed by atoms with Gasteiger partial charge in [-0.15, -0.1) is 0 Å². The van der Waals surface area contributed by atoms with Gasteiger partial charge in [0.2, 0.25) is 0 Å². The summed E-state index contributed by atoms with van der Waals surface area (Å²) in [5, 5.41) is 0. The van der Waals surface area contributed by atoms with Crippen molar-refractivity contribution >= 4 is 17.7 Å². The summed E-state index contributed by atoms with van der Waals surface area (Å²) >= 11 is 1.75. The third kappa shape index (κ3) is 9.04. The molecule has 0 aromatic heterocycles. The van der Waals surface area contributed by atoms with Gasteiger partial charge in [0.15, 0.2) is 0 Å². The number of nitrogens with two attached hydrogens (primary N) is 1. The second kappa shape index (κ2) is 11.3. The molecule has 0 bridgehead atoms. The zero-order valence-corrected chi connectivity index (χ0v) is 11.4. The van der Waals surface area contributed by atoms with Crippen molar-refractivity contribution in [3.05, 3.63) is 0 Å². The van der Waals surface area contributed by atoms with Crippen LogP contribution in [0.5, 0.6) is 0 Å². The first-order valence-electron chi connectivity index (χ1n) is 6.22. The van der Waals surface area contributed by atoms with E-state index in [1.54, 1.807) is 18.7 Å². The molecule has 0 spiro atoms. The molecular formula is C12H25NO2S. The molecule has 0 heterocycles. The van der Waals surface area contributed by atoms with Crippen molar-refractivity contribution < 1.29 is 9.53 Å². The SMILES string of the molecule is CCCCCCCSCC(N)C(=O)OCC. The lowest BCUT2D eigenvalue weighted by Crippen LogP contribution is -2.34. The van der Waals surface area contributed by atoms with Gasteiger partial charge >= 0.3 is 5.97 Å². The van der Waals surface area contributed by atoms with Crippen molar-refractivity contribution in [1.29, 1.82) is 0 Å². The molecule has 0 aromatic rings. The van der Waals surface area contributed by atoms with Gasteiger partial charge in [-0.2, -0.15) is 11.8 Å². The smallest absolute Gasteiger partial charge is 0.323 e. The summed E-state index contributed by atoms with van der Waals surface area (Å²) in [6, 6.07) is -0.458. The van der Waals surface area contributed by atoms with E-state index >= 15 is 0 Å². The maximum atomic E-state index is 11.2. The Hall–Kier alpha value is -0.220. The minimum absolute atomic E-state index is 0.277. The maximum Gasteiger partial charge on any atom is 0.323 e. The van der Waals surface area contributed by atoms with E-state index in [1.165, 1.54) is 32.1 Å². The highest BCUT2D eigenvalue weighted by Crippen LogP contribution is 2.09. The molecule has 16 heavy (non-hydrogen) atoms. The molecule has 0 aliphatic heterocycles. The molecule has 0 saturated heterocycles. The topological polar surface area (TPSA) is 52.3 Å². The highest BCUT2D eigenvalue weighted by atomic mass is 32.2. The molecule has 96 valence electrons. The highest BCUT2D eigenvalue weighted by molar-refractivity contribution is 7.99. The van der Waals surface area contributed by atoms with Crippen LogP contribution in [0.4, 0.5) is 0 Å². The van der Waals surface area contributed by atoms with Crippen molar-refractivity contribution in [2.24, 2.45) is 5.73 Å². The second-order valence-corrected chi connectivity index (χ2v) is 5.00. The summed E-state index contributed by atoms with van der Waals surface area (Å²) in [7, 11) is 0. The molecule has 3 nitrogen and oxygen atoms in total. The van der Waals surface area contributed by atoms with Gasteiger partial charge in [-0.3, -0.25) is 4.79 Å². The summed E-state index contributed by atoms with van der Waals surface area (Å²) in [5.74, 6) is 1.49. The van der Waals surface area contributed by atoms with Crippen LogP contribution in [0.25, 0.3) is 0 Å². The molecule has 0 saturated carbocycles. The zero-order chi connectivity index (χ0) is 12.2. The van der Waals surface area contributed by atoms with Crippen LogP contribution in [0.15, 0.2) is 0 Å². The summed E-state index contributed by atoms with van der Waals surface area (Å²) in [6.07, 6.45) is 6.44. The number of hydrogen-bond donors (Lipinski definition) is 1. The number of ether oxygens (including phenoxy) is 1. The van der Waals surface area contributed by atoms with Gasteiger partial charge in [0.25, 0.3) is 0 Å². The fraction of sp³-hybridized carbons (Fsp3) is 0.917. The Kier molecular flexibility index (Phi) is 11.1. The Morgan fingerprint density at radius 2 is 1.94 bits per heavy atom. The Labute approximate surface area is 103 Å². The lowest BCUT2D eigenvalue weighted by atomic mass is 10.2. The summed E-state index contributed by atoms with van der Waals surface area (Å²) in [5.41, 5.74) is 5.67. The van der Waals surface area contributed by atoms with Crippen LogP contribution < -0.4 is 5.73 Å². The first kappa shape index (κ1) is 15.8. The van der Waals surface area contributed by atoms with E-state index in [4.69, 9.17) is 10.5 Å². The van der Waals surface area contributed by atoms with Gasteiger partial charge in [0, 0.05) is 5.75 Å². The summed E-state index contributed by atoms with van der Waals surface area (Å²) in [6.45, 7) is 4.42. The van der Waals surface area contributed by atoms with E-state index in [9.17, 15) is 4.79 Å². The maximum absolute atomic E-state index is 11.2. The number of carbonyl (C=O) groups is 1. The third-order valence-corrected chi connectivity index (χ3v) is 3.45. The highest BCUT2D eigenvalue weighted by Gasteiger charge is 2.13. The Balaban J connectivity index is 3.27. The molecule has 0 amide bonds. The van der Waals surface area contributed by atoms with Crippen LogP contribution >= 0.6 is 11.8 Å². The standard InChI is InChI=1S/C12H25NO2S/c1-3-5-6-7-8-9-16-10-11(13)12(14)15-4-2/h11H,3-10,13H2,1-2H3. The molecule has 0 aliphatic rings. The van der Waals surface area contributed by atoms with Crippen LogP contribution in [0, 0.1) is 0 Å². The van der Waals surface area contributed by atoms with Crippen LogP contribution in [0.1, 0.15) is 46.0 Å². The monoisotopic (exact) mass is 247 g/mol. The molecule has 2 N–H and O–H groups in total. The normalized spacial score (nSPS) is 12.4. The van der Waals surface area contributed by atoms with Crippen molar-refractivity contribution in [3.8, 4) is 0 Å². The van der Waals surface area contributed by atoms with Gasteiger partial charge in [-0.05, 0) is 19.1 Å². The quantitative estimate of drug-likeness (QED) is 0.476. The molecule has 0 radical (unpaired) electrons. The van der Waals surface area contributed by atoms with Crippen LogP contribution in [0.3, 0.4) is 0 Å². The molecule has 4 heteroatoms. The van der Waals surface area contributed by atoms with Gasteiger partial charge in [-0.25, -0.2) is 0 Å². The predicted octanol–water partition coefficient (Wildman–Crippen LogP) is 2.58. The first-order chi connectivity index (χ1) is 7.72. The summed E-state index contributed by atoms with van der Waals surface area (Å²) in [4.78, 5) is 11.2. The minimum Gasteiger partial charge on any atom is -0.465 e. The fourth-order valence-corrected chi connectivity index (χ4v) is 2.30. The van der Waals surface area contributed by atoms with Crippen molar-refractivity contribution in [3.63, 3.8) is 0 Å². The van der Waals surface area contributed by atoms with Crippen molar-refractivity contribution in [2.45, 2.75) is 52.0 Å². The van der Waals surface area contributed by atoms with Crippen molar-refractivity contribution in [1.82, 2.24) is 0 Å². The Morgan fingerprint density at radius 1 is 1.25 bits per heavy atom. The largest absolute Gasteiger partial charge is 0.465 e. The second-order valence-electron chi connectivity index (χ2n) is 3.85. The number of hydrogen-bond acceptors (Lipinski definition) is 4. The van der Waals surface area contributed by atoms with E-state index in [-0.39, 0.29) is 5.97 Å². The number of rotatable bonds is 10. The third-order valence-electron chi connectivity index (χ3n) is 2.28. The first-order valence-corrected chi connectivity index (χ1v) is 7.37. The van der Waals surface area contributed by atoms with Gasteiger partial charge in [-0.1, -0.05) is 32.6 Å². The van der Waals surface area contributed by atoms with Crippen LogP contribution in [-0.4, -0.2) is 30.1 Å². The molecule has 1 unspecified atom stereocenters. The van der Waals surface area contributed by atoms with E-state index < -0.39 is 6.04 Å². The fourth-order valence-electron chi connectivity index (χ4n) is 1.34. The molecule has 1 atom stereocenters. The van der Waals surface area contributed by atoms with Crippen LogP contribution in [-0.2, 0) is 9.53 Å². The van der Waals surface area contributed by atoms with Crippen molar-refractivity contribution in [2.75, 3.05) is 18.1 Å². The molecule has 0 rings (SSSR count). The van der Waals surface area contributed by atoms with Gasteiger partial charge < -0.3 is 10.5 Å². The van der Waals surface area contributed by atoms with E-state index in [2.05, 4.69) is 6.92 Å². The lowest BCUT2D eigenvalue weighted by Gasteiger charge is -2.09. The molecule has 0 aliphatic carbocycles. The average molecular weight is 247 g/mol. The average Bonchev–Trinajstić information content (AvgIpc) is 2.28. The van der Waals surface area contributed by atoms with E-state index in [1.807, 2.05) is 0 Å². The van der Waals surface area contributed by atoms with Crippen LogP contribution in [0.2, 0.25) is 0 Å². The molecular weight excluding hydrogens is 222 g/mol. The molecule has 0 fully saturated rings. The minimum atomic E-state index is -0.458. The Morgan fingerprint density at radius 3 is 2.56 bits per heavy atom. The summed E-state index contributed by atoms with van der Waals surface area (Å²) < 4.78 is 4.84.